The zero-order chi connectivity index (χ0) is 14.2. The number of carbonyl (C=O) groups is 1. The Kier molecular flexibility index (Phi) is 3.30. The molecule has 1 aromatic carbocycles. The Balaban J connectivity index is 2.33. The molecule has 1 amide bonds. The standard InChI is InChI=1S/C14H20N2O3/c1-9-8-18-12-7-10(15)5-6-11(12)16(9)13(17)19-14(2,3)4/h5-7,9H,8,15H2,1-4H3. The number of amides is 1. The van der Waals surface area contributed by atoms with Gasteiger partial charge in [0.15, 0.2) is 0 Å². The summed E-state index contributed by atoms with van der Waals surface area (Å²) in [5.41, 5.74) is 6.51. The van der Waals surface area contributed by atoms with E-state index in [9.17, 15) is 4.79 Å². The third-order valence-electron chi connectivity index (χ3n) is 2.75. The van der Waals surface area contributed by atoms with Crippen molar-refractivity contribution in [3.8, 4) is 5.75 Å². The maximum atomic E-state index is 12.3. The first-order chi connectivity index (χ1) is 8.78. The van der Waals surface area contributed by atoms with Gasteiger partial charge in [0, 0.05) is 11.8 Å². The van der Waals surface area contributed by atoms with Gasteiger partial charge in [0.2, 0.25) is 0 Å². The average molecular weight is 264 g/mol. The highest BCUT2D eigenvalue weighted by Crippen LogP contribution is 2.36. The summed E-state index contributed by atoms with van der Waals surface area (Å²) in [6.45, 7) is 7.89. The second kappa shape index (κ2) is 4.64. The third kappa shape index (κ3) is 2.92. The van der Waals surface area contributed by atoms with Crippen molar-refractivity contribution in [1.82, 2.24) is 0 Å². The van der Waals surface area contributed by atoms with Crippen LogP contribution in [0.5, 0.6) is 5.75 Å². The molecule has 5 nitrogen and oxygen atoms in total. The summed E-state index contributed by atoms with van der Waals surface area (Å²) in [5.74, 6) is 0.615. The number of hydrogen-bond acceptors (Lipinski definition) is 4. The van der Waals surface area contributed by atoms with Crippen LogP contribution in [0.4, 0.5) is 16.2 Å². The molecule has 0 aliphatic carbocycles. The van der Waals surface area contributed by atoms with Gasteiger partial charge < -0.3 is 15.2 Å². The molecule has 1 atom stereocenters. The van der Waals surface area contributed by atoms with Gasteiger partial charge in [0.25, 0.3) is 0 Å². The van der Waals surface area contributed by atoms with Crippen molar-refractivity contribution in [3.63, 3.8) is 0 Å². The zero-order valence-corrected chi connectivity index (χ0v) is 11.8. The first-order valence-electron chi connectivity index (χ1n) is 6.32. The highest BCUT2D eigenvalue weighted by molar-refractivity contribution is 5.91. The summed E-state index contributed by atoms with van der Waals surface area (Å²) in [6, 6.07) is 5.17. The van der Waals surface area contributed by atoms with Crippen LogP contribution in [-0.4, -0.2) is 24.3 Å². The summed E-state index contributed by atoms with van der Waals surface area (Å²) in [6.07, 6.45) is -0.366. The monoisotopic (exact) mass is 264 g/mol. The minimum absolute atomic E-state index is 0.0778. The Hall–Kier alpha value is -1.91. The molecule has 1 aliphatic heterocycles. The lowest BCUT2D eigenvalue weighted by molar-refractivity contribution is 0.0548. The molecule has 1 aromatic rings. The predicted molar refractivity (Wildman–Crippen MR) is 74.5 cm³/mol. The second-order valence-electron chi connectivity index (χ2n) is 5.74. The van der Waals surface area contributed by atoms with E-state index in [2.05, 4.69) is 0 Å². The van der Waals surface area contributed by atoms with Crippen molar-refractivity contribution in [2.24, 2.45) is 0 Å². The third-order valence-corrected chi connectivity index (χ3v) is 2.75. The summed E-state index contributed by atoms with van der Waals surface area (Å²) in [4.78, 5) is 13.9. The van der Waals surface area contributed by atoms with Crippen LogP contribution in [0.3, 0.4) is 0 Å². The molecule has 0 spiro atoms. The predicted octanol–water partition coefficient (Wildman–Crippen LogP) is 2.79. The number of nitrogen functional groups attached to an aromatic ring is 1. The van der Waals surface area contributed by atoms with Crippen LogP contribution < -0.4 is 15.4 Å². The van der Waals surface area contributed by atoms with Crippen molar-refractivity contribution < 1.29 is 14.3 Å². The number of rotatable bonds is 0. The Bertz CT molecular complexity index is 494. The number of carbonyl (C=O) groups excluding carboxylic acids is 1. The molecule has 0 fully saturated rings. The number of ether oxygens (including phenoxy) is 2. The van der Waals surface area contributed by atoms with Gasteiger partial charge in [-0.25, -0.2) is 4.79 Å². The van der Waals surface area contributed by atoms with Crippen LogP contribution in [-0.2, 0) is 4.74 Å². The van der Waals surface area contributed by atoms with Crippen LogP contribution in [0, 0.1) is 0 Å². The molecule has 2 N–H and O–H groups in total. The number of hydrogen-bond donors (Lipinski definition) is 1. The smallest absolute Gasteiger partial charge is 0.415 e. The van der Waals surface area contributed by atoms with Crippen molar-refractivity contribution in [2.75, 3.05) is 17.2 Å². The van der Waals surface area contributed by atoms with E-state index in [0.717, 1.165) is 0 Å². The van der Waals surface area contributed by atoms with E-state index in [1.807, 2.05) is 27.7 Å². The summed E-state index contributed by atoms with van der Waals surface area (Å²) in [5, 5.41) is 0. The van der Waals surface area contributed by atoms with Gasteiger partial charge in [-0.05, 0) is 39.8 Å². The molecular formula is C14H20N2O3. The quantitative estimate of drug-likeness (QED) is 0.732. The summed E-state index contributed by atoms with van der Waals surface area (Å²) in [7, 11) is 0. The van der Waals surface area contributed by atoms with Crippen molar-refractivity contribution in [2.45, 2.75) is 39.3 Å². The normalized spacial score (nSPS) is 18.5. The summed E-state index contributed by atoms with van der Waals surface area (Å²) >= 11 is 0. The molecule has 1 aliphatic rings. The van der Waals surface area contributed by atoms with Gasteiger partial charge in [-0.3, -0.25) is 4.90 Å². The van der Waals surface area contributed by atoms with Gasteiger partial charge in [0.1, 0.15) is 18.0 Å². The average Bonchev–Trinajstić information content (AvgIpc) is 2.26. The molecule has 1 unspecified atom stereocenters. The van der Waals surface area contributed by atoms with Gasteiger partial charge in [-0.1, -0.05) is 0 Å². The minimum Gasteiger partial charge on any atom is -0.489 e. The minimum atomic E-state index is -0.525. The van der Waals surface area contributed by atoms with E-state index in [1.54, 1.807) is 23.1 Å². The van der Waals surface area contributed by atoms with Gasteiger partial charge in [0.05, 0.1) is 11.7 Å². The zero-order valence-electron chi connectivity index (χ0n) is 11.8. The number of fused-ring (bicyclic) bond motifs is 1. The second-order valence-corrected chi connectivity index (χ2v) is 5.74. The van der Waals surface area contributed by atoms with Gasteiger partial charge >= 0.3 is 6.09 Å². The van der Waals surface area contributed by atoms with E-state index < -0.39 is 5.60 Å². The highest BCUT2D eigenvalue weighted by atomic mass is 16.6. The maximum Gasteiger partial charge on any atom is 0.415 e. The number of nitrogens with two attached hydrogens (primary N) is 1. The molecule has 104 valence electrons. The van der Waals surface area contributed by atoms with E-state index in [-0.39, 0.29) is 12.1 Å². The van der Waals surface area contributed by atoms with Crippen LogP contribution in [0.25, 0.3) is 0 Å². The Labute approximate surface area is 113 Å². The molecule has 0 bridgehead atoms. The van der Waals surface area contributed by atoms with E-state index >= 15 is 0 Å². The maximum absolute atomic E-state index is 12.3. The lowest BCUT2D eigenvalue weighted by Crippen LogP contribution is -2.47. The lowest BCUT2D eigenvalue weighted by Gasteiger charge is -2.36. The molecule has 1 heterocycles. The number of nitrogens with zero attached hydrogens (tertiary/aromatic N) is 1. The van der Waals surface area contributed by atoms with Crippen LogP contribution in [0.1, 0.15) is 27.7 Å². The van der Waals surface area contributed by atoms with Crippen molar-refractivity contribution >= 4 is 17.5 Å². The fourth-order valence-corrected chi connectivity index (χ4v) is 1.96. The Morgan fingerprint density at radius 3 is 2.79 bits per heavy atom. The van der Waals surface area contributed by atoms with Crippen LogP contribution >= 0.6 is 0 Å². The highest BCUT2D eigenvalue weighted by Gasteiger charge is 2.32. The molecule has 0 aromatic heterocycles. The molecule has 5 heteroatoms. The van der Waals surface area contributed by atoms with Crippen molar-refractivity contribution in [1.29, 1.82) is 0 Å². The molecule has 0 saturated carbocycles. The number of benzene rings is 1. The fourth-order valence-electron chi connectivity index (χ4n) is 1.96. The van der Waals surface area contributed by atoms with Gasteiger partial charge in [-0.15, -0.1) is 0 Å². The Morgan fingerprint density at radius 1 is 1.47 bits per heavy atom. The molecule has 0 saturated heterocycles. The first-order valence-corrected chi connectivity index (χ1v) is 6.32. The summed E-state index contributed by atoms with van der Waals surface area (Å²) < 4.78 is 11.0. The largest absolute Gasteiger partial charge is 0.489 e. The molecular weight excluding hydrogens is 244 g/mol. The molecule has 19 heavy (non-hydrogen) atoms. The van der Waals surface area contributed by atoms with E-state index in [0.29, 0.717) is 23.7 Å². The van der Waals surface area contributed by atoms with Gasteiger partial charge in [-0.2, -0.15) is 0 Å². The fraction of sp³-hybridized carbons (Fsp3) is 0.500. The first kappa shape index (κ1) is 13.5. The lowest BCUT2D eigenvalue weighted by atomic mass is 10.1. The Morgan fingerprint density at radius 2 is 2.16 bits per heavy atom. The van der Waals surface area contributed by atoms with E-state index in [1.165, 1.54) is 0 Å². The van der Waals surface area contributed by atoms with Crippen molar-refractivity contribution in [3.05, 3.63) is 18.2 Å². The van der Waals surface area contributed by atoms with Crippen LogP contribution in [0.2, 0.25) is 0 Å². The molecule has 2 rings (SSSR count). The van der Waals surface area contributed by atoms with E-state index in [4.69, 9.17) is 15.2 Å². The molecule has 0 radical (unpaired) electrons. The van der Waals surface area contributed by atoms with Crippen LogP contribution in [0.15, 0.2) is 18.2 Å². The topological polar surface area (TPSA) is 64.8 Å². The number of anilines is 2. The SMILES string of the molecule is CC1COc2cc(N)ccc2N1C(=O)OC(C)(C)C.